The van der Waals surface area contributed by atoms with Crippen LogP contribution in [0.15, 0.2) is 17.6 Å². The largest absolute Gasteiger partial charge is 0.464 e. The van der Waals surface area contributed by atoms with E-state index >= 15 is 0 Å². The van der Waals surface area contributed by atoms with Gasteiger partial charge >= 0.3 is 5.97 Å². The minimum absolute atomic E-state index is 0.0531. The highest BCUT2D eigenvalue weighted by Gasteiger charge is 2.12. The molecule has 0 saturated carbocycles. The standard InChI is InChI=1S/C8H12N2O2/c1-4-5-10-7(6(2)9)8(11)12-3/h4,9H,1,5H2,2-3H3. The minimum Gasteiger partial charge on any atom is -0.464 e. The van der Waals surface area contributed by atoms with Gasteiger partial charge in [0.25, 0.3) is 0 Å². The fourth-order valence-corrected chi connectivity index (χ4v) is 0.589. The summed E-state index contributed by atoms with van der Waals surface area (Å²) in [7, 11) is 1.26. The van der Waals surface area contributed by atoms with E-state index in [4.69, 9.17) is 5.41 Å². The fraction of sp³-hybridized carbons (Fsp3) is 0.375. The average Bonchev–Trinajstić information content (AvgIpc) is 2.04. The van der Waals surface area contributed by atoms with Crippen LogP contribution in [0.2, 0.25) is 0 Å². The molecule has 0 bridgehead atoms. The Balaban J connectivity index is 4.53. The van der Waals surface area contributed by atoms with Gasteiger partial charge in [-0.25, -0.2) is 4.79 Å². The Morgan fingerprint density at radius 1 is 1.75 bits per heavy atom. The van der Waals surface area contributed by atoms with Crippen LogP contribution in [-0.4, -0.2) is 31.0 Å². The predicted molar refractivity (Wildman–Crippen MR) is 47.9 cm³/mol. The van der Waals surface area contributed by atoms with Gasteiger partial charge in [-0.3, -0.25) is 4.99 Å². The first-order chi connectivity index (χ1) is 5.63. The summed E-state index contributed by atoms with van der Waals surface area (Å²) in [4.78, 5) is 14.7. The van der Waals surface area contributed by atoms with E-state index in [0.717, 1.165) is 0 Å². The molecule has 0 aliphatic rings. The summed E-state index contributed by atoms with van der Waals surface area (Å²) >= 11 is 0. The van der Waals surface area contributed by atoms with Crippen molar-refractivity contribution in [2.24, 2.45) is 4.99 Å². The summed E-state index contributed by atoms with van der Waals surface area (Å²) in [6, 6.07) is 0. The molecule has 0 aromatic rings. The van der Waals surface area contributed by atoms with Crippen LogP contribution in [0.25, 0.3) is 0 Å². The second-order valence-corrected chi connectivity index (χ2v) is 2.09. The summed E-state index contributed by atoms with van der Waals surface area (Å²) in [5.41, 5.74) is 0.154. The number of nitrogens with one attached hydrogen (secondary N) is 1. The molecule has 0 aromatic heterocycles. The highest BCUT2D eigenvalue weighted by Crippen LogP contribution is 1.87. The molecule has 0 fully saturated rings. The van der Waals surface area contributed by atoms with E-state index in [1.807, 2.05) is 0 Å². The molecule has 0 radical (unpaired) electrons. The van der Waals surface area contributed by atoms with Crippen molar-refractivity contribution in [2.75, 3.05) is 13.7 Å². The summed E-state index contributed by atoms with van der Waals surface area (Å²) in [6.07, 6.45) is 1.55. The van der Waals surface area contributed by atoms with Crippen molar-refractivity contribution in [3.63, 3.8) is 0 Å². The smallest absolute Gasteiger partial charge is 0.358 e. The number of hydrogen-bond donors (Lipinski definition) is 1. The zero-order valence-electron chi connectivity index (χ0n) is 7.26. The van der Waals surface area contributed by atoms with Gasteiger partial charge in [-0.05, 0) is 6.92 Å². The Morgan fingerprint density at radius 3 is 2.67 bits per heavy atom. The molecule has 0 unspecified atom stereocenters. The van der Waals surface area contributed by atoms with Gasteiger partial charge in [-0.15, -0.1) is 6.58 Å². The van der Waals surface area contributed by atoms with Gasteiger partial charge in [-0.2, -0.15) is 0 Å². The molecule has 0 spiro atoms. The van der Waals surface area contributed by atoms with Crippen molar-refractivity contribution < 1.29 is 9.53 Å². The van der Waals surface area contributed by atoms with E-state index in [9.17, 15) is 4.79 Å². The van der Waals surface area contributed by atoms with Gasteiger partial charge in [0.1, 0.15) is 0 Å². The van der Waals surface area contributed by atoms with Gasteiger partial charge in [0, 0.05) is 0 Å². The Kier molecular flexibility index (Phi) is 4.60. The van der Waals surface area contributed by atoms with E-state index in [1.54, 1.807) is 6.08 Å². The topological polar surface area (TPSA) is 62.5 Å². The zero-order valence-corrected chi connectivity index (χ0v) is 7.26. The highest BCUT2D eigenvalue weighted by molar-refractivity contribution is 6.64. The van der Waals surface area contributed by atoms with E-state index in [0.29, 0.717) is 6.54 Å². The second-order valence-electron chi connectivity index (χ2n) is 2.09. The molecule has 0 heterocycles. The van der Waals surface area contributed by atoms with Crippen molar-refractivity contribution in [2.45, 2.75) is 6.92 Å². The van der Waals surface area contributed by atoms with Gasteiger partial charge in [-0.1, -0.05) is 6.08 Å². The molecule has 0 aliphatic heterocycles. The highest BCUT2D eigenvalue weighted by atomic mass is 16.5. The number of ether oxygens (including phenoxy) is 1. The van der Waals surface area contributed by atoms with E-state index in [1.165, 1.54) is 14.0 Å². The quantitative estimate of drug-likeness (QED) is 0.384. The molecule has 0 amide bonds. The first kappa shape index (κ1) is 10.6. The second kappa shape index (κ2) is 5.23. The van der Waals surface area contributed by atoms with Crippen molar-refractivity contribution >= 4 is 17.4 Å². The lowest BCUT2D eigenvalue weighted by Crippen LogP contribution is -2.23. The molecule has 0 rings (SSSR count). The van der Waals surface area contributed by atoms with Crippen LogP contribution in [0.1, 0.15) is 6.92 Å². The molecule has 0 aromatic carbocycles. The maximum atomic E-state index is 10.9. The van der Waals surface area contributed by atoms with Crippen LogP contribution in [0.5, 0.6) is 0 Å². The van der Waals surface area contributed by atoms with Gasteiger partial charge in [0.2, 0.25) is 0 Å². The number of rotatable bonds is 4. The minimum atomic E-state index is -0.579. The number of aliphatic imine (C=N–C) groups is 1. The van der Waals surface area contributed by atoms with Gasteiger partial charge in [0.15, 0.2) is 5.71 Å². The Labute approximate surface area is 71.5 Å². The Bertz CT molecular complexity index is 231. The van der Waals surface area contributed by atoms with Crippen LogP contribution in [0.3, 0.4) is 0 Å². The van der Waals surface area contributed by atoms with Crippen molar-refractivity contribution in [3.8, 4) is 0 Å². The zero-order chi connectivity index (χ0) is 9.56. The number of esters is 1. The van der Waals surface area contributed by atoms with Crippen LogP contribution < -0.4 is 0 Å². The first-order valence-electron chi connectivity index (χ1n) is 3.42. The summed E-state index contributed by atoms with van der Waals surface area (Å²) in [5.74, 6) is -0.579. The molecule has 66 valence electrons. The molecule has 4 heteroatoms. The number of carbonyl (C=O) groups excluding carboxylic acids is 1. The molecule has 0 saturated heterocycles. The molecule has 0 aliphatic carbocycles. The van der Waals surface area contributed by atoms with Gasteiger partial charge < -0.3 is 10.1 Å². The maximum absolute atomic E-state index is 10.9. The molecular weight excluding hydrogens is 156 g/mol. The molecule has 12 heavy (non-hydrogen) atoms. The number of nitrogens with zero attached hydrogens (tertiary/aromatic N) is 1. The van der Waals surface area contributed by atoms with Crippen molar-refractivity contribution in [1.29, 1.82) is 5.41 Å². The molecule has 0 atom stereocenters. The fourth-order valence-electron chi connectivity index (χ4n) is 0.589. The van der Waals surface area contributed by atoms with E-state index < -0.39 is 5.97 Å². The molecular formula is C8H12N2O2. The lowest BCUT2D eigenvalue weighted by molar-refractivity contribution is -0.132. The third-order valence-corrected chi connectivity index (χ3v) is 1.11. The first-order valence-corrected chi connectivity index (χ1v) is 3.42. The lowest BCUT2D eigenvalue weighted by Gasteiger charge is -2.00. The van der Waals surface area contributed by atoms with Crippen LogP contribution >= 0.6 is 0 Å². The summed E-state index contributed by atoms with van der Waals surface area (Å²) in [6.45, 7) is 5.25. The van der Waals surface area contributed by atoms with Crippen LogP contribution in [-0.2, 0) is 9.53 Å². The normalized spacial score (nSPS) is 10.7. The SMILES string of the molecule is C=CCN=C(C(C)=N)C(=O)OC. The Morgan fingerprint density at radius 2 is 2.33 bits per heavy atom. The summed E-state index contributed by atoms with van der Waals surface area (Å²) < 4.78 is 4.43. The number of methoxy groups -OCH3 is 1. The van der Waals surface area contributed by atoms with Crippen molar-refractivity contribution in [3.05, 3.63) is 12.7 Å². The van der Waals surface area contributed by atoms with Crippen LogP contribution in [0.4, 0.5) is 0 Å². The van der Waals surface area contributed by atoms with E-state index in [2.05, 4.69) is 16.3 Å². The summed E-state index contributed by atoms with van der Waals surface area (Å²) in [5, 5.41) is 7.20. The van der Waals surface area contributed by atoms with Crippen LogP contribution in [0, 0.1) is 5.41 Å². The molecule has 4 nitrogen and oxygen atoms in total. The maximum Gasteiger partial charge on any atom is 0.358 e. The number of carbonyl (C=O) groups is 1. The Hall–Kier alpha value is -1.45. The van der Waals surface area contributed by atoms with Gasteiger partial charge in [0.05, 0.1) is 19.4 Å². The number of hydrogen-bond acceptors (Lipinski definition) is 4. The van der Waals surface area contributed by atoms with E-state index in [-0.39, 0.29) is 11.4 Å². The predicted octanol–water partition coefficient (Wildman–Crippen LogP) is 0.826. The third kappa shape index (κ3) is 3.09. The molecule has 1 N–H and O–H groups in total. The lowest BCUT2D eigenvalue weighted by atomic mass is 10.2. The third-order valence-electron chi connectivity index (χ3n) is 1.11. The monoisotopic (exact) mass is 168 g/mol. The average molecular weight is 168 g/mol. The van der Waals surface area contributed by atoms with Crippen molar-refractivity contribution in [1.82, 2.24) is 0 Å².